The first-order valence-corrected chi connectivity index (χ1v) is 10.6. The second kappa shape index (κ2) is 9.48. The predicted molar refractivity (Wildman–Crippen MR) is 119 cm³/mol. The summed E-state index contributed by atoms with van der Waals surface area (Å²) in [5, 5.41) is 2.04. The Labute approximate surface area is 178 Å². The summed E-state index contributed by atoms with van der Waals surface area (Å²) < 4.78 is 23.3. The predicted octanol–water partition coefficient (Wildman–Crippen LogP) is 5.48. The van der Waals surface area contributed by atoms with E-state index < -0.39 is 17.3 Å². The lowest BCUT2D eigenvalue weighted by molar-refractivity contribution is 0.0932. The van der Waals surface area contributed by atoms with Crippen LogP contribution in [0.25, 0.3) is 10.8 Å². The van der Waals surface area contributed by atoms with Gasteiger partial charge in [0, 0.05) is 5.56 Å². The van der Waals surface area contributed by atoms with E-state index in [0.29, 0.717) is 11.3 Å². The quantitative estimate of drug-likeness (QED) is 0.357. The van der Waals surface area contributed by atoms with Crippen LogP contribution in [0.2, 0.25) is 0 Å². The second-order valence-corrected chi connectivity index (χ2v) is 7.59. The molecule has 2 unspecified atom stereocenters. The van der Waals surface area contributed by atoms with Gasteiger partial charge in [-0.25, -0.2) is 0 Å². The molecule has 0 fully saturated rings. The van der Waals surface area contributed by atoms with Crippen LogP contribution in [0, 0.1) is 0 Å². The summed E-state index contributed by atoms with van der Waals surface area (Å²) >= 11 is -2.03. The highest BCUT2D eigenvalue weighted by Crippen LogP contribution is 2.24. The normalized spacial score (nSPS) is 12.9. The molecule has 30 heavy (non-hydrogen) atoms. The summed E-state index contributed by atoms with van der Waals surface area (Å²) in [4.78, 5) is 13.0. The first kappa shape index (κ1) is 20.0. The monoisotopic (exact) mass is 416 g/mol. The minimum atomic E-state index is -2.03. The van der Waals surface area contributed by atoms with Crippen molar-refractivity contribution in [2.24, 2.45) is 0 Å². The lowest BCUT2D eigenvalue weighted by Gasteiger charge is -2.16. The van der Waals surface area contributed by atoms with Crippen molar-refractivity contribution >= 4 is 27.9 Å². The molecule has 0 saturated carbocycles. The van der Waals surface area contributed by atoms with Gasteiger partial charge in [0.05, 0.1) is 12.5 Å². The van der Waals surface area contributed by atoms with E-state index in [9.17, 15) is 9.00 Å². The summed E-state index contributed by atoms with van der Waals surface area (Å²) in [6.45, 7) is -0.0576. The van der Waals surface area contributed by atoms with Gasteiger partial charge in [0.2, 0.25) is 0 Å². The Hall–Kier alpha value is -3.28. The van der Waals surface area contributed by atoms with Gasteiger partial charge in [0.1, 0.15) is 5.75 Å². The van der Waals surface area contributed by atoms with E-state index in [0.717, 1.165) is 16.3 Å². The molecular formula is C25H20O4S. The van der Waals surface area contributed by atoms with Crippen molar-refractivity contribution in [1.29, 1.82) is 0 Å². The van der Waals surface area contributed by atoms with Gasteiger partial charge in [-0.1, -0.05) is 91.0 Å². The molecule has 4 nitrogen and oxygen atoms in total. The van der Waals surface area contributed by atoms with Gasteiger partial charge in [-0.05, 0) is 28.5 Å². The number of ketones is 1. The lowest BCUT2D eigenvalue weighted by Crippen LogP contribution is -2.20. The third-order valence-corrected chi connectivity index (χ3v) is 5.45. The fourth-order valence-corrected chi connectivity index (χ4v) is 3.81. The van der Waals surface area contributed by atoms with Gasteiger partial charge in [0.15, 0.2) is 5.78 Å². The van der Waals surface area contributed by atoms with Crippen molar-refractivity contribution in [2.75, 3.05) is 6.61 Å². The van der Waals surface area contributed by atoms with Crippen molar-refractivity contribution in [3.05, 3.63) is 114 Å². The van der Waals surface area contributed by atoms with Gasteiger partial charge in [-0.3, -0.25) is 8.98 Å². The fraction of sp³-hybridized carbons (Fsp3) is 0.0800. The Balaban J connectivity index is 1.47. The third-order valence-electron chi connectivity index (χ3n) is 4.79. The zero-order valence-corrected chi connectivity index (χ0v) is 17.0. The maximum absolute atomic E-state index is 13.0. The Morgan fingerprint density at radius 1 is 0.767 bits per heavy atom. The van der Waals surface area contributed by atoms with E-state index in [1.54, 1.807) is 24.3 Å². The number of benzene rings is 4. The molecule has 0 spiro atoms. The highest BCUT2D eigenvalue weighted by Gasteiger charge is 2.23. The molecule has 0 aromatic heterocycles. The lowest BCUT2D eigenvalue weighted by atomic mass is 9.91. The number of Topliss-reactive ketones (excluding diaryl/α,β-unsaturated/α-hetero) is 1. The topological polar surface area (TPSA) is 52.6 Å². The molecule has 0 amide bonds. The number of carbonyl (C=O) groups is 1. The van der Waals surface area contributed by atoms with E-state index in [2.05, 4.69) is 0 Å². The first-order chi connectivity index (χ1) is 14.7. The van der Waals surface area contributed by atoms with Gasteiger partial charge < -0.3 is 4.18 Å². The van der Waals surface area contributed by atoms with E-state index in [1.165, 1.54) is 0 Å². The van der Waals surface area contributed by atoms with Gasteiger partial charge in [0.25, 0.3) is 0 Å². The van der Waals surface area contributed by atoms with Crippen LogP contribution in [0.3, 0.4) is 0 Å². The van der Waals surface area contributed by atoms with Crippen molar-refractivity contribution in [1.82, 2.24) is 0 Å². The minimum absolute atomic E-state index is 0.0576. The summed E-state index contributed by atoms with van der Waals surface area (Å²) in [5.41, 5.74) is 1.38. The van der Waals surface area contributed by atoms with Crippen LogP contribution in [0.1, 0.15) is 21.8 Å². The van der Waals surface area contributed by atoms with Crippen LogP contribution in [-0.2, 0) is 15.5 Å². The van der Waals surface area contributed by atoms with Crippen LogP contribution in [0.4, 0.5) is 0 Å². The minimum Gasteiger partial charge on any atom is -0.380 e. The van der Waals surface area contributed by atoms with Crippen LogP contribution in [0.15, 0.2) is 103 Å². The van der Waals surface area contributed by atoms with Crippen molar-refractivity contribution < 1.29 is 17.4 Å². The number of carbonyl (C=O) groups excluding carboxylic acids is 1. The molecule has 0 saturated heterocycles. The highest BCUT2D eigenvalue weighted by molar-refractivity contribution is 7.75. The smallest absolute Gasteiger partial charge is 0.360 e. The third kappa shape index (κ3) is 4.82. The maximum atomic E-state index is 13.0. The molecular weight excluding hydrogens is 396 g/mol. The molecule has 0 aliphatic carbocycles. The number of hydrogen-bond acceptors (Lipinski definition) is 4. The average molecular weight is 416 g/mol. The van der Waals surface area contributed by atoms with Gasteiger partial charge in [-0.2, -0.15) is 4.21 Å². The zero-order chi connectivity index (χ0) is 20.8. The van der Waals surface area contributed by atoms with Crippen molar-refractivity contribution in [3.63, 3.8) is 0 Å². The Kier molecular flexibility index (Phi) is 6.32. The van der Waals surface area contributed by atoms with Gasteiger partial charge >= 0.3 is 11.4 Å². The zero-order valence-electron chi connectivity index (χ0n) is 16.1. The number of hydrogen-bond donors (Lipinski definition) is 0. The molecule has 0 aliphatic rings. The number of rotatable bonds is 8. The second-order valence-electron chi connectivity index (χ2n) is 6.77. The molecule has 0 heterocycles. The molecule has 0 bridgehead atoms. The molecule has 2 atom stereocenters. The van der Waals surface area contributed by atoms with Crippen LogP contribution >= 0.6 is 0 Å². The van der Waals surface area contributed by atoms with Crippen molar-refractivity contribution in [2.45, 2.75) is 5.92 Å². The molecule has 4 aromatic rings. The summed E-state index contributed by atoms with van der Waals surface area (Å²) in [7, 11) is 0. The molecule has 0 N–H and O–H groups in total. The molecule has 0 aliphatic heterocycles. The Morgan fingerprint density at radius 2 is 1.40 bits per heavy atom. The van der Waals surface area contributed by atoms with Crippen LogP contribution in [0.5, 0.6) is 5.75 Å². The highest BCUT2D eigenvalue weighted by atomic mass is 32.2. The van der Waals surface area contributed by atoms with E-state index in [1.807, 2.05) is 78.9 Å². The first-order valence-electron chi connectivity index (χ1n) is 9.57. The van der Waals surface area contributed by atoms with Crippen LogP contribution < -0.4 is 4.18 Å². The van der Waals surface area contributed by atoms with Crippen LogP contribution in [-0.4, -0.2) is 16.6 Å². The summed E-state index contributed by atoms with van der Waals surface area (Å²) in [6, 6.07) is 31.6. The van der Waals surface area contributed by atoms with Crippen molar-refractivity contribution in [3.8, 4) is 5.75 Å². The standard InChI is InChI=1S/C25H20O4S/c26-25(21-12-5-2-6-13-21)24(20-10-3-1-4-11-20)18-28-30(27)29-23-16-15-19-9-7-8-14-22(19)17-23/h1-17,24H,18H2. The number of fused-ring (bicyclic) bond motifs is 1. The summed E-state index contributed by atoms with van der Waals surface area (Å²) in [5.74, 6) is -0.236. The van der Waals surface area contributed by atoms with E-state index >= 15 is 0 Å². The SMILES string of the molecule is O=C(c1ccccc1)C(COS(=O)Oc1ccc2ccccc2c1)c1ccccc1. The Morgan fingerprint density at radius 3 is 2.13 bits per heavy atom. The molecule has 5 heteroatoms. The molecule has 0 radical (unpaired) electrons. The largest absolute Gasteiger partial charge is 0.380 e. The maximum Gasteiger partial charge on any atom is 0.360 e. The molecule has 150 valence electrons. The average Bonchev–Trinajstić information content (AvgIpc) is 2.80. The Bertz CT molecular complexity index is 1160. The molecule has 4 aromatic carbocycles. The van der Waals surface area contributed by atoms with E-state index in [-0.39, 0.29) is 12.4 Å². The van der Waals surface area contributed by atoms with E-state index in [4.69, 9.17) is 8.37 Å². The molecule has 4 rings (SSSR count). The summed E-state index contributed by atoms with van der Waals surface area (Å²) in [6.07, 6.45) is 0. The van der Waals surface area contributed by atoms with Gasteiger partial charge in [-0.15, -0.1) is 0 Å². The fourth-order valence-electron chi connectivity index (χ4n) is 3.26.